The first-order valence-corrected chi connectivity index (χ1v) is 12.2. The zero-order valence-electron chi connectivity index (χ0n) is 17.9. The van der Waals surface area contributed by atoms with Gasteiger partial charge in [0.2, 0.25) is 15.9 Å². The summed E-state index contributed by atoms with van der Waals surface area (Å²) in [5.41, 5.74) is 3.15. The summed E-state index contributed by atoms with van der Waals surface area (Å²) in [5, 5.41) is 2.98. The van der Waals surface area contributed by atoms with Crippen molar-refractivity contribution in [1.82, 2.24) is 9.62 Å². The van der Waals surface area contributed by atoms with E-state index in [0.29, 0.717) is 37.4 Å². The molecule has 0 bridgehead atoms. The summed E-state index contributed by atoms with van der Waals surface area (Å²) < 4.78 is 27.7. The van der Waals surface area contributed by atoms with Gasteiger partial charge in [-0.2, -0.15) is 4.31 Å². The highest BCUT2D eigenvalue weighted by Gasteiger charge is 2.31. The molecule has 0 radical (unpaired) electrons. The lowest BCUT2D eigenvalue weighted by Gasteiger charge is -2.32. The van der Waals surface area contributed by atoms with Crippen LogP contribution in [0.25, 0.3) is 0 Å². The lowest BCUT2D eigenvalue weighted by molar-refractivity contribution is -0.121. The molecule has 3 rings (SSSR count). The Morgan fingerprint density at radius 2 is 1.80 bits per heavy atom. The van der Waals surface area contributed by atoms with Crippen LogP contribution in [0.4, 0.5) is 0 Å². The Hall–Kier alpha value is -2.18. The number of carbonyl (C=O) groups is 1. The van der Waals surface area contributed by atoms with Crippen molar-refractivity contribution in [2.24, 2.45) is 5.92 Å². The normalized spacial score (nSPS) is 17.6. The zero-order chi connectivity index (χ0) is 21.6. The number of sulfonamides is 1. The van der Waals surface area contributed by atoms with Crippen molar-refractivity contribution in [3.05, 3.63) is 65.2 Å². The summed E-state index contributed by atoms with van der Waals surface area (Å²) in [6.45, 7) is 5.51. The van der Waals surface area contributed by atoms with Gasteiger partial charge in [0.25, 0.3) is 0 Å². The highest BCUT2D eigenvalue weighted by atomic mass is 32.2. The van der Waals surface area contributed by atoms with E-state index in [-0.39, 0.29) is 11.8 Å². The van der Waals surface area contributed by atoms with Crippen LogP contribution >= 0.6 is 0 Å². The van der Waals surface area contributed by atoms with E-state index in [1.807, 2.05) is 19.1 Å². The molecule has 162 valence electrons. The molecule has 1 heterocycles. The van der Waals surface area contributed by atoms with Crippen molar-refractivity contribution in [2.75, 3.05) is 13.1 Å². The molecule has 1 N–H and O–H groups in total. The average molecular weight is 429 g/mol. The fraction of sp³-hybridized carbons (Fsp3) is 0.458. The summed E-state index contributed by atoms with van der Waals surface area (Å²) in [7, 11) is -3.48. The molecule has 1 atom stereocenters. The van der Waals surface area contributed by atoms with Gasteiger partial charge < -0.3 is 5.32 Å². The number of aryl methyl sites for hydroxylation is 2. The second-order valence-corrected chi connectivity index (χ2v) is 10.0. The molecule has 6 heteroatoms. The lowest BCUT2D eigenvalue weighted by atomic mass is 9.94. The molecule has 1 aliphatic rings. The van der Waals surface area contributed by atoms with Gasteiger partial charge in [-0.05, 0) is 61.3 Å². The van der Waals surface area contributed by atoms with E-state index in [1.165, 1.54) is 5.56 Å². The van der Waals surface area contributed by atoms with Crippen LogP contribution in [-0.2, 0) is 27.8 Å². The van der Waals surface area contributed by atoms with Crippen LogP contribution in [-0.4, -0.2) is 31.7 Å². The van der Waals surface area contributed by atoms with Gasteiger partial charge >= 0.3 is 0 Å². The maximum Gasteiger partial charge on any atom is 0.243 e. The second-order valence-electron chi connectivity index (χ2n) is 8.12. The average Bonchev–Trinajstić information content (AvgIpc) is 2.77. The SMILES string of the molecule is CCc1ccc(CNC(=O)CCC2CCCN(S(=O)(=O)c3ccccc3C)C2)cc1. The second kappa shape index (κ2) is 10.2. The van der Waals surface area contributed by atoms with Gasteiger partial charge in [-0.15, -0.1) is 0 Å². The summed E-state index contributed by atoms with van der Waals surface area (Å²) in [5.74, 6) is 0.237. The van der Waals surface area contributed by atoms with Crippen LogP contribution in [0.1, 0.15) is 49.3 Å². The number of nitrogens with zero attached hydrogens (tertiary/aromatic N) is 1. The van der Waals surface area contributed by atoms with Crippen LogP contribution in [0.5, 0.6) is 0 Å². The van der Waals surface area contributed by atoms with Crippen LogP contribution in [0, 0.1) is 12.8 Å². The highest BCUT2D eigenvalue weighted by molar-refractivity contribution is 7.89. The Labute approximate surface area is 180 Å². The molecule has 1 saturated heterocycles. The molecule has 2 aromatic carbocycles. The van der Waals surface area contributed by atoms with Gasteiger partial charge in [-0.3, -0.25) is 4.79 Å². The minimum atomic E-state index is -3.48. The van der Waals surface area contributed by atoms with Crippen LogP contribution < -0.4 is 5.32 Å². The first-order chi connectivity index (χ1) is 14.4. The molecule has 0 aliphatic carbocycles. The van der Waals surface area contributed by atoms with Gasteiger partial charge in [-0.25, -0.2) is 8.42 Å². The molecular weight excluding hydrogens is 396 g/mol. The van der Waals surface area contributed by atoms with E-state index >= 15 is 0 Å². The zero-order valence-corrected chi connectivity index (χ0v) is 18.7. The van der Waals surface area contributed by atoms with Crippen molar-refractivity contribution in [3.63, 3.8) is 0 Å². The fourth-order valence-corrected chi connectivity index (χ4v) is 5.76. The smallest absolute Gasteiger partial charge is 0.243 e. The third kappa shape index (κ3) is 5.70. The van der Waals surface area contributed by atoms with E-state index in [1.54, 1.807) is 16.4 Å². The van der Waals surface area contributed by atoms with Crippen molar-refractivity contribution >= 4 is 15.9 Å². The van der Waals surface area contributed by atoms with Gasteiger partial charge in [0.1, 0.15) is 0 Å². The largest absolute Gasteiger partial charge is 0.352 e. The van der Waals surface area contributed by atoms with Crippen LogP contribution in [0.3, 0.4) is 0 Å². The van der Waals surface area contributed by atoms with Crippen molar-refractivity contribution in [3.8, 4) is 0 Å². The number of carbonyl (C=O) groups excluding carboxylic acids is 1. The quantitative estimate of drug-likeness (QED) is 0.690. The van der Waals surface area contributed by atoms with Crippen molar-refractivity contribution in [2.45, 2.75) is 57.4 Å². The maximum atomic E-state index is 13.0. The summed E-state index contributed by atoms with van der Waals surface area (Å²) in [4.78, 5) is 12.7. The third-order valence-electron chi connectivity index (χ3n) is 5.89. The van der Waals surface area contributed by atoms with E-state index in [4.69, 9.17) is 0 Å². The first-order valence-electron chi connectivity index (χ1n) is 10.8. The van der Waals surface area contributed by atoms with Gasteiger partial charge in [0.05, 0.1) is 4.90 Å². The van der Waals surface area contributed by atoms with Crippen molar-refractivity contribution < 1.29 is 13.2 Å². The maximum absolute atomic E-state index is 13.0. The van der Waals surface area contributed by atoms with Gasteiger partial charge in [0, 0.05) is 26.1 Å². The first kappa shape index (κ1) is 22.5. The minimum Gasteiger partial charge on any atom is -0.352 e. The number of benzene rings is 2. The summed E-state index contributed by atoms with van der Waals surface area (Å²) in [6, 6.07) is 15.4. The van der Waals surface area contributed by atoms with E-state index in [0.717, 1.165) is 30.4 Å². The number of hydrogen-bond acceptors (Lipinski definition) is 3. The molecule has 1 amide bonds. The Morgan fingerprint density at radius 3 is 2.50 bits per heavy atom. The molecule has 0 aromatic heterocycles. The van der Waals surface area contributed by atoms with Crippen molar-refractivity contribution in [1.29, 1.82) is 0 Å². The lowest BCUT2D eigenvalue weighted by Crippen LogP contribution is -2.40. The Kier molecular flexibility index (Phi) is 7.67. The predicted octanol–water partition coefficient (Wildman–Crippen LogP) is 4.05. The topological polar surface area (TPSA) is 66.5 Å². The van der Waals surface area contributed by atoms with E-state index in [2.05, 4.69) is 36.5 Å². The molecule has 1 unspecified atom stereocenters. The predicted molar refractivity (Wildman–Crippen MR) is 120 cm³/mol. The molecular formula is C24H32N2O3S. The van der Waals surface area contributed by atoms with Gasteiger partial charge in [-0.1, -0.05) is 49.4 Å². The number of nitrogens with one attached hydrogen (secondary N) is 1. The molecule has 2 aromatic rings. The molecule has 0 spiro atoms. The number of amides is 1. The molecule has 1 fully saturated rings. The highest BCUT2D eigenvalue weighted by Crippen LogP contribution is 2.27. The third-order valence-corrected chi connectivity index (χ3v) is 7.92. The molecule has 1 aliphatic heterocycles. The summed E-state index contributed by atoms with van der Waals surface area (Å²) in [6.07, 6.45) is 3.94. The molecule has 5 nitrogen and oxygen atoms in total. The number of piperidine rings is 1. The monoisotopic (exact) mass is 428 g/mol. The Balaban J connectivity index is 1.50. The number of rotatable bonds is 8. The standard InChI is InChI=1S/C24H32N2O3S/c1-3-20-10-12-21(13-11-20)17-25-24(27)15-14-22-8-6-16-26(18-22)30(28,29)23-9-5-4-7-19(23)2/h4-5,7,9-13,22H,3,6,8,14-18H2,1-2H3,(H,25,27). The van der Waals surface area contributed by atoms with Crippen LogP contribution in [0.15, 0.2) is 53.4 Å². The van der Waals surface area contributed by atoms with Crippen LogP contribution in [0.2, 0.25) is 0 Å². The fourth-order valence-electron chi connectivity index (χ4n) is 3.98. The minimum absolute atomic E-state index is 0.0217. The summed E-state index contributed by atoms with van der Waals surface area (Å²) >= 11 is 0. The molecule has 0 saturated carbocycles. The van der Waals surface area contributed by atoms with E-state index in [9.17, 15) is 13.2 Å². The number of hydrogen-bond donors (Lipinski definition) is 1. The Morgan fingerprint density at radius 1 is 1.10 bits per heavy atom. The molecule has 30 heavy (non-hydrogen) atoms. The van der Waals surface area contributed by atoms with Gasteiger partial charge in [0.15, 0.2) is 0 Å². The van der Waals surface area contributed by atoms with E-state index < -0.39 is 10.0 Å². The Bertz CT molecular complexity index is 955.